The van der Waals surface area contributed by atoms with Crippen LogP contribution >= 0.6 is 21.0 Å². The number of hydrogen-bond acceptors (Lipinski definition) is 6. The summed E-state index contributed by atoms with van der Waals surface area (Å²) in [7, 11) is 6.09. The fraction of sp³-hybridized carbons (Fsp3) is 0.524. The van der Waals surface area contributed by atoms with Gasteiger partial charge in [-0.05, 0) is 60.0 Å². The molecule has 1 aliphatic rings. The predicted molar refractivity (Wildman–Crippen MR) is 128 cm³/mol. The smallest absolute Gasteiger partial charge is 0.152 e. The Balaban J connectivity index is 2.11. The summed E-state index contributed by atoms with van der Waals surface area (Å²) in [5.74, 6) is 1.93. The third kappa shape index (κ3) is 7.24. The van der Waals surface area contributed by atoms with Gasteiger partial charge >= 0.3 is 0 Å². The molecule has 1 unspecified atom stereocenters. The second-order valence-electron chi connectivity index (χ2n) is 7.51. The molecular weight excluding hydrogens is 419 g/mol. The maximum absolute atomic E-state index is 6.25. The van der Waals surface area contributed by atoms with Crippen molar-refractivity contribution in [3.63, 3.8) is 0 Å². The molecule has 1 saturated carbocycles. The molecule has 3 N–H and O–H groups in total. The number of nitrogens with one attached hydrogen (secondary N) is 1. The molecule has 1 aromatic heterocycles. The van der Waals surface area contributed by atoms with Gasteiger partial charge in [-0.1, -0.05) is 24.3 Å². The van der Waals surface area contributed by atoms with E-state index in [0.717, 1.165) is 43.6 Å². The molecule has 0 saturated heterocycles. The standard InChI is InChI=1S/C21H34ClN6OP/c1-5-20(28(30)29-4)21(25-13-16-8-10-17(23)11-9-16)26-15(2)27(3)14-19-18(22)7-6-12-24-19/h5-7,12,16-17H,2,8-11,13-14,23,30H2,1,3-4H3,(H,25,26)/b20-5+. The Bertz CT molecular complexity index is 764. The monoisotopic (exact) mass is 452 g/mol. The minimum atomic E-state index is 0.330. The van der Waals surface area contributed by atoms with Crippen LogP contribution in [0.5, 0.6) is 0 Å². The molecule has 0 amide bonds. The summed E-state index contributed by atoms with van der Waals surface area (Å²) in [5, 5.41) is 3.98. The highest BCUT2D eigenvalue weighted by Crippen LogP contribution is 2.24. The lowest BCUT2D eigenvalue weighted by molar-refractivity contribution is -0.00311. The number of amidine groups is 1. The number of rotatable bonds is 9. The van der Waals surface area contributed by atoms with E-state index >= 15 is 0 Å². The molecule has 1 heterocycles. The van der Waals surface area contributed by atoms with Crippen LogP contribution in [0, 0.1) is 5.92 Å². The van der Waals surface area contributed by atoms with Crippen LogP contribution in [0.25, 0.3) is 0 Å². The van der Waals surface area contributed by atoms with Gasteiger partial charge in [0.15, 0.2) is 5.84 Å². The number of pyridine rings is 1. The van der Waals surface area contributed by atoms with E-state index in [1.54, 1.807) is 18.1 Å². The van der Waals surface area contributed by atoms with E-state index < -0.39 is 0 Å². The molecular formula is C21H34ClN6OP. The molecule has 0 aliphatic heterocycles. The van der Waals surface area contributed by atoms with Crippen molar-refractivity contribution in [3.8, 4) is 0 Å². The highest BCUT2D eigenvalue weighted by molar-refractivity contribution is 7.13. The maximum Gasteiger partial charge on any atom is 0.152 e. The zero-order valence-electron chi connectivity index (χ0n) is 18.1. The van der Waals surface area contributed by atoms with Crippen molar-refractivity contribution in [2.24, 2.45) is 16.6 Å². The highest BCUT2D eigenvalue weighted by atomic mass is 35.5. The lowest BCUT2D eigenvalue weighted by Crippen LogP contribution is -2.36. The van der Waals surface area contributed by atoms with Crippen molar-refractivity contribution in [3.05, 3.63) is 53.2 Å². The molecule has 2 rings (SSSR count). The Morgan fingerprint density at radius 1 is 1.47 bits per heavy atom. The van der Waals surface area contributed by atoms with E-state index in [2.05, 4.69) is 26.3 Å². The maximum atomic E-state index is 6.25. The summed E-state index contributed by atoms with van der Waals surface area (Å²) in [4.78, 5) is 18.2. The second-order valence-corrected chi connectivity index (χ2v) is 8.39. The average molecular weight is 453 g/mol. The predicted octanol–water partition coefficient (Wildman–Crippen LogP) is 3.70. The third-order valence-corrected chi connectivity index (χ3v) is 6.13. The van der Waals surface area contributed by atoms with Crippen LogP contribution in [0.4, 0.5) is 0 Å². The fourth-order valence-corrected chi connectivity index (χ4v) is 3.78. The molecule has 7 nitrogen and oxygen atoms in total. The van der Waals surface area contributed by atoms with Crippen molar-refractivity contribution in [2.45, 2.75) is 45.2 Å². The van der Waals surface area contributed by atoms with Gasteiger partial charge in [0.25, 0.3) is 0 Å². The number of aromatic nitrogens is 1. The molecule has 1 aliphatic carbocycles. The summed E-state index contributed by atoms with van der Waals surface area (Å²) in [6.45, 7) is 7.39. The molecule has 0 aromatic carbocycles. The van der Waals surface area contributed by atoms with Crippen LogP contribution in [0.3, 0.4) is 0 Å². The molecule has 0 spiro atoms. The summed E-state index contributed by atoms with van der Waals surface area (Å²) >= 11 is 6.25. The molecule has 1 aromatic rings. The number of halogens is 1. The van der Waals surface area contributed by atoms with Crippen molar-refractivity contribution in [1.82, 2.24) is 20.0 Å². The van der Waals surface area contributed by atoms with Crippen LogP contribution in [0.15, 0.2) is 47.5 Å². The Labute approximate surface area is 187 Å². The highest BCUT2D eigenvalue weighted by Gasteiger charge is 2.20. The fourth-order valence-electron chi connectivity index (χ4n) is 3.33. The Morgan fingerprint density at radius 3 is 2.77 bits per heavy atom. The van der Waals surface area contributed by atoms with E-state index in [1.807, 2.05) is 37.1 Å². The lowest BCUT2D eigenvalue weighted by Gasteiger charge is -2.28. The molecule has 0 bridgehead atoms. The molecule has 1 fully saturated rings. The zero-order valence-corrected chi connectivity index (χ0v) is 20.1. The second kappa shape index (κ2) is 12.3. The Hall–Kier alpha value is -1.66. The van der Waals surface area contributed by atoms with Gasteiger partial charge in [-0.15, -0.1) is 0 Å². The molecule has 9 heteroatoms. The summed E-state index contributed by atoms with van der Waals surface area (Å²) in [6, 6.07) is 3.98. The third-order valence-electron chi connectivity index (χ3n) is 5.29. The van der Waals surface area contributed by atoms with E-state index in [-0.39, 0.29) is 0 Å². The van der Waals surface area contributed by atoms with Crippen LogP contribution in [0.1, 0.15) is 38.3 Å². The molecule has 30 heavy (non-hydrogen) atoms. The first-order valence-corrected chi connectivity index (χ1v) is 11.1. The van der Waals surface area contributed by atoms with Gasteiger partial charge in [0.05, 0.1) is 30.2 Å². The SMILES string of the molecule is C=C(NC(=NCC1CCC(N)CC1)/C(=C\C)N(P)OC)N(C)Cc1ncccc1Cl. The van der Waals surface area contributed by atoms with Crippen molar-refractivity contribution in [1.29, 1.82) is 0 Å². The summed E-state index contributed by atoms with van der Waals surface area (Å²) in [6.07, 6.45) is 8.02. The number of aliphatic imine (C=N–C) groups is 1. The number of allylic oxidation sites excluding steroid dienone is 1. The van der Waals surface area contributed by atoms with E-state index in [4.69, 9.17) is 27.2 Å². The largest absolute Gasteiger partial charge is 0.356 e. The number of hydroxylamine groups is 1. The van der Waals surface area contributed by atoms with Gasteiger partial charge in [-0.2, -0.15) is 0 Å². The van der Waals surface area contributed by atoms with Crippen molar-refractivity contribution in [2.75, 3.05) is 20.7 Å². The quantitative estimate of drug-likeness (QED) is 0.257. The van der Waals surface area contributed by atoms with Gasteiger partial charge in [0.2, 0.25) is 0 Å². The number of hydrogen-bond donors (Lipinski definition) is 2. The topological polar surface area (TPSA) is 79.0 Å². The minimum absolute atomic E-state index is 0.330. The van der Waals surface area contributed by atoms with Gasteiger partial charge in [0, 0.05) is 25.8 Å². The summed E-state index contributed by atoms with van der Waals surface area (Å²) in [5.41, 5.74) is 7.63. The van der Waals surface area contributed by atoms with Crippen LogP contribution < -0.4 is 11.1 Å². The Kier molecular flexibility index (Phi) is 10.1. The van der Waals surface area contributed by atoms with Gasteiger partial charge in [-0.3, -0.25) is 14.8 Å². The zero-order chi connectivity index (χ0) is 22.1. The van der Waals surface area contributed by atoms with Crippen LogP contribution in [-0.4, -0.2) is 47.3 Å². The van der Waals surface area contributed by atoms with E-state index in [0.29, 0.717) is 35.2 Å². The lowest BCUT2D eigenvalue weighted by atomic mass is 9.86. The molecule has 166 valence electrons. The van der Waals surface area contributed by atoms with Crippen molar-refractivity contribution >= 4 is 26.8 Å². The average Bonchev–Trinajstić information content (AvgIpc) is 2.74. The van der Waals surface area contributed by atoms with Crippen molar-refractivity contribution < 1.29 is 4.84 Å². The van der Waals surface area contributed by atoms with E-state index in [9.17, 15) is 0 Å². The Morgan fingerprint density at radius 2 is 2.17 bits per heavy atom. The number of nitrogens with zero attached hydrogens (tertiary/aromatic N) is 4. The first kappa shape index (κ1) is 24.6. The van der Waals surface area contributed by atoms with Gasteiger partial charge in [0.1, 0.15) is 5.70 Å². The van der Waals surface area contributed by atoms with Crippen LogP contribution in [-0.2, 0) is 11.4 Å². The first-order chi connectivity index (χ1) is 14.3. The van der Waals surface area contributed by atoms with Crippen LogP contribution in [0.2, 0.25) is 5.02 Å². The van der Waals surface area contributed by atoms with Gasteiger partial charge < -0.3 is 16.0 Å². The van der Waals surface area contributed by atoms with Gasteiger partial charge in [-0.25, -0.2) is 4.83 Å². The molecule has 1 atom stereocenters. The summed E-state index contributed by atoms with van der Waals surface area (Å²) < 4.78 is 0. The number of nitrogens with two attached hydrogens (primary N) is 1. The molecule has 0 radical (unpaired) electrons. The first-order valence-electron chi connectivity index (χ1n) is 10.2. The minimum Gasteiger partial charge on any atom is -0.356 e. The normalized spacial score (nSPS) is 20.1. The van der Waals surface area contributed by atoms with E-state index in [1.165, 1.54) is 0 Å².